The molecule has 3 rings (SSSR count). The predicted octanol–water partition coefficient (Wildman–Crippen LogP) is 3.85. The zero-order chi connectivity index (χ0) is 19.0. The first-order chi connectivity index (χ1) is 12.3. The molecule has 0 aliphatic heterocycles. The van der Waals surface area contributed by atoms with E-state index in [1.54, 1.807) is 38.2 Å². The Bertz CT molecular complexity index is 1090. The molecule has 6 nitrogen and oxygen atoms in total. The number of hydrogen-bond donors (Lipinski definition) is 1. The second kappa shape index (κ2) is 6.97. The van der Waals surface area contributed by atoms with Crippen molar-refractivity contribution < 1.29 is 4.74 Å². The zero-order valence-electron chi connectivity index (χ0n) is 14.3. The lowest BCUT2D eigenvalue weighted by Crippen LogP contribution is -2.31. The number of pyridine rings is 1. The molecule has 0 fully saturated rings. The van der Waals surface area contributed by atoms with E-state index in [-0.39, 0.29) is 5.88 Å². The third-order valence-corrected chi connectivity index (χ3v) is 4.48. The summed E-state index contributed by atoms with van der Waals surface area (Å²) in [7, 11) is 1.61. The smallest absolute Gasteiger partial charge is 0.328 e. The lowest BCUT2D eigenvalue weighted by Gasteiger charge is -2.14. The third kappa shape index (κ3) is 3.38. The van der Waals surface area contributed by atoms with E-state index in [1.807, 2.05) is 6.92 Å². The van der Waals surface area contributed by atoms with Crippen molar-refractivity contribution in [3.05, 3.63) is 72.5 Å². The average Bonchev–Trinajstić information content (AvgIpc) is 2.57. The lowest BCUT2D eigenvalue weighted by atomic mass is 10.0. The van der Waals surface area contributed by atoms with Crippen LogP contribution in [0.1, 0.15) is 11.1 Å². The number of aromatic nitrogens is 3. The van der Waals surface area contributed by atoms with Crippen LogP contribution in [0.2, 0.25) is 10.0 Å². The van der Waals surface area contributed by atoms with Crippen molar-refractivity contribution in [2.24, 2.45) is 7.05 Å². The summed E-state index contributed by atoms with van der Waals surface area (Å²) in [6.45, 7) is 3.54. The van der Waals surface area contributed by atoms with Gasteiger partial charge in [0, 0.05) is 24.4 Å². The fraction of sp³-hybridized carbons (Fsp3) is 0.167. The first-order valence-electron chi connectivity index (χ1n) is 7.67. The quantitative estimate of drug-likeness (QED) is 0.735. The lowest BCUT2D eigenvalue weighted by molar-refractivity contribution is 0.463. The van der Waals surface area contributed by atoms with Gasteiger partial charge >= 0.3 is 5.69 Å². The second-order valence-electron chi connectivity index (χ2n) is 5.81. The third-order valence-electron chi connectivity index (χ3n) is 4.00. The predicted molar refractivity (Wildman–Crippen MR) is 102 cm³/mol. The Hall–Kier alpha value is -2.57. The van der Waals surface area contributed by atoms with E-state index in [0.29, 0.717) is 27.1 Å². The highest BCUT2D eigenvalue weighted by molar-refractivity contribution is 6.35. The molecule has 0 atom stereocenters. The number of benzene rings is 1. The van der Waals surface area contributed by atoms with Crippen LogP contribution >= 0.6 is 23.2 Å². The van der Waals surface area contributed by atoms with Crippen LogP contribution in [-0.2, 0) is 7.05 Å². The molecular formula is C18H15Cl2N3O3. The number of halogens is 2. The molecule has 134 valence electrons. The van der Waals surface area contributed by atoms with Crippen molar-refractivity contribution >= 4 is 23.2 Å². The van der Waals surface area contributed by atoms with Gasteiger partial charge in [-0.3, -0.25) is 14.3 Å². The summed E-state index contributed by atoms with van der Waals surface area (Å²) in [4.78, 5) is 30.2. The molecular weight excluding hydrogens is 377 g/mol. The maximum atomic E-state index is 11.9. The van der Waals surface area contributed by atoms with E-state index in [2.05, 4.69) is 9.97 Å². The molecule has 0 radical (unpaired) electrons. The normalized spacial score (nSPS) is 10.8. The van der Waals surface area contributed by atoms with Crippen LogP contribution in [0, 0.1) is 13.8 Å². The van der Waals surface area contributed by atoms with E-state index in [4.69, 9.17) is 27.9 Å². The van der Waals surface area contributed by atoms with Gasteiger partial charge in [-0.1, -0.05) is 23.2 Å². The van der Waals surface area contributed by atoms with Gasteiger partial charge in [-0.25, -0.2) is 9.78 Å². The van der Waals surface area contributed by atoms with Crippen LogP contribution in [0.4, 0.5) is 0 Å². The first-order valence-corrected chi connectivity index (χ1v) is 8.43. The van der Waals surface area contributed by atoms with Crippen molar-refractivity contribution in [3.63, 3.8) is 0 Å². The average molecular weight is 392 g/mol. The molecule has 26 heavy (non-hydrogen) atoms. The molecule has 0 bridgehead atoms. The van der Waals surface area contributed by atoms with E-state index in [0.717, 1.165) is 11.1 Å². The van der Waals surface area contributed by atoms with Crippen molar-refractivity contribution in [1.29, 1.82) is 0 Å². The summed E-state index contributed by atoms with van der Waals surface area (Å²) in [5.74, 6) is 0.762. The van der Waals surface area contributed by atoms with Crippen molar-refractivity contribution in [2.75, 3.05) is 0 Å². The Morgan fingerprint density at radius 2 is 1.88 bits per heavy atom. The number of nitrogens with zero attached hydrogens (tertiary/aromatic N) is 2. The maximum Gasteiger partial charge on any atom is 0.328 e. The molecule has 0 unspecified atom stereocenters. The van der Waals surface area contributed by atoms with E-state index < -0.39 is 11.2 Å². The zero-order valence-corrected chi connectivity index (χ0v) is 15.8. The molecule has 2 heterocycles. The molecule has 8 heteroatoms. The highest BCUT2D eigenvalue weighted by atomic mass is 35.5. The van der Waals surface area contributed by atoms with Gasteiger partial charge in [0.2, 0.25) is 5.88 Å². The van der Waals surface area contributed by atoms with Crippen LogP contribution < -0.4 is 16.0 Å². The summed E-state index contributed by atoms with van der Waals surface area (Å²) in [5, 5.41) is 0.714. The minimum absolute atomic E-state index is 0.239. The molecule has 1 aromatic carbocycles. The molecule has 0 aliphatic carbocycles. The Morgan fingerprint density at radius 1 is 1.15 bits per heavy atom. The van der Waals surface area contributed by atoms with Crippen LogP contribution in [0.3, 0.4) is 0 Å². The monoisotopic (exact) mass is 391 g/mol. The van der Waals surface area contributed by atoms with E-state index in [1.165, 1.54) is 10.8 Å². The van der Waals surface area contributed by atoms with Gasteiger partial charge in [-0.15, -0.1) is 0 Å². The van der Waals surface area contributed by atoms with Gasteiger partial charge in [-0.05, 0) is 43.7 Å². The van der Waals surface area contributed by atoms with Gasteiger partial charge in [-0.2, -0.15) is 0 Å². The van der Waals surface area contributed by atoms with Crippen molar-refractivity contribution in [1.82, 2.24) is 14.5 Å². The molecule has 2 aromatic heterocycles. The van der Waals surface area contributed by atoms with E-state index in [9.17, 15) is 9.59 Å². The number of hydrogen-bond acceptors (Lipinski definition) is 4. The number of ether oxygens (including phenoxy) is 1. The van der Waals surface area contributed by atoms with Crippen LogP contribution in [0.5, 0.6) is 11.6 Å². The molecule has 0 saturated heterocycles. The minimum Gasteiger partial charge on any atom is -0.438 e. The Morgan fingerprint density at radius 3 is 2.54 bits per heavy atom. The van der Waals surface area contributed by atoms with Crippen molar-refractivity contribution in [3.8, 4) is 22.9 Å². The number of aryl methyl sites for hydroxylation is 1. The number of H-pyrrole nitrogens is 1. The minimum atomic E-state index is -0.465. The summed E-state index contributed by atoms with van der Waals surface area (Å²) >= 11 is 11.9. The second-order valence-corrected chi connectivity index (χ2v) is 6.65. The Kier molecular flexibility index (Phi) is 4.89. The highest BCUT2D eigenvalue weighted by Crippen LogP contribution is 2.32. The topological polar surface area (TPSA) is 77.0 Å². The summed E-state index contributed by atoms with van der Waals surface area (Å²) < 4.78 is 7.12. The van der Waals surface area contributed by atoms with Gasteiger partial charge in [0.1, 0.15) is 10.8 Å². The Balaban J connectivity index is 2.04. The Labute approximate surface area is 159 Å². The largest absolute Gasteiger partial charge is 0.438 e. The van der Waals surface area contributed by atoms with Crippen LogP contribution in [0.15, 0.2) is 40.1 Å². The molecule has 0 saturated carbocycles. The number of aromatic amines is 1. The van der Waals surface area contributed by atoms with Crippen molar-refractivity contribution in [2.45, 2.75) is 13.8 Å². The summed E-state index contributed by atoms with van der Waals surface area (Å²) in [6.07, 6.45) is 1.44. The fourth-order valence-electron chi connectivity index (χ4n) is 2.67. The summed E-state index contributed by atoms with van der Waals surface area (Å²) in [5.41, 5.74) is 1.75. The van der Waals surface area contributed by atoms with Gasteiger partial charge < -0.3 is 4.74 Å². The number of rotatable bonds is 3. The van der Waals surface area contributed by atoms with Crippen LogP contribution in [-0.4, -0.2) is 14.5 Å². The molecule has 3 aromatic rings. The number of nitrogens with one attached hydrogen (secondary N) is 1. The maximum absolute atomic E-state index is 11.9. The van der Waals surface area contributed by atoms with Crippen LogP contribution in [0.25, 0.3) is 11.3 Å². The molecule has 1 N–H and O–H groups in total. The summed E-state index contributed by atoms with van der Waals surface area (Å²) in [6, 6.07) is 6.84. The highest BCUT2D eigenvalue weighted by Gasteiger charge is 2.14. The standard InChI is InChI=1S/C18H15Cl2N3O3/c1-9-6-12(26-17-14(20)7-11(19)8-21-17)4-5-13(9)15-10(2)16(24)22-18(25)23(15)3/h4-8H,1-3H3,(H,22,24,25). The fourth-order valence-corrected chi connectivity index (χ4v) is 3.09. The van der Waals surface area contributed by atoms with Gasteiger partial charge in [0.05, 0.1) is 10.7 Å². The SMILES string of the molecule is Cc1cc(Oc2ncc(Cl)cc2Cl)ccc1-c1c(C)c(=O)[nH]c(=O)n1C. The van der Waals surface area contributed by atoms with E-state index >= 15 is 0 Å². The van der Waals surface area contributed by atoms with Gasteiger partial charge in [0.25, 0.3) is 5.56 Å². The molecule has 0 spiro atoms. The van der Waals surface area contributed by atoms with Gasteiger partial charge in [0.15, 0.2) is 0 Å². The first kappa shape index (κ1) is 18.2. The molecule has 0 aliphatic rings. The molecule has 0 amide bonds.